The van der Waals surface area contributed by atoms with Gasteiger partial charge < -0.3 is 19.6 Å². The minimum absolute atomic E-state index is 0.000193. The van der Waals surface area contributed by atoms with Crippen molar-refractivity contribution in [2.24, 2.45) is 0 Å². The first-order valence-corrected chi connectivity index (χ1v) is 7.57. The molecule has 6 heteroatoms. The third-order valence-corrected chi connectivity index (χ3v) is 3.74. The van der Waals surface area contributed by atoms with Crippen molar-refractivity contribution in [3.63, 3.8) is 0 Å². The van der Waals surface area contributed by atoms with E-state index in [9.17, 15) is 4.79 Å². The molecule has 0 spiro atoms. The Morgan fingerprint density at radius 3 is 3.04 bits per heavy atom. The maximum absolute atomic E-state index is 11.9. The van der Waals surface area contributed by atoms with E-state index in [0.717, 1.165) is 11.9 Å². The summed E-state index contributed by atoms with van der Waals surface area (Å²) < 4.78 is 9.99. The smallest absolute Gasteiger partial charge is 0.254 e. The van der Waals surface area contributed by atoms with Crippen molar-refractivity contribution in [1.29, 1.82) is 0 Å². The Morgan fingerprint density at radius 2 is 2.22 bits per heavy atom. The van der Waals surface area contributed by atoms with Gasteiger partial charge in [-0.15, -0.1) is 0 Å². The van der Waals surface area contributed by atoms with E-state index >= 15 is 0 Å². The Kier molecular flexibility index (Phi) is 4.61. The second kappa shape index (κ2) is 7.00. The minimum Gasteiger partial charge on any atom is -0.479 e. The Morgan fingerprint density at radius 1 is 1.35 bits per heavy atom. The highest BCUT2D eigenvalue weighted by Gasteiger charge is 2.08. The lowest BCUT2D eigenvalue weighted by atomic mass is 10.1. The van der Waals surface area contributed by atoms with Crippen LogP contribution in [0.25, 0.3) is 10.9 Å². The number of aromatic nitrogens is 2. The summed E-state index contributed by atoms with van der Waals surface area (Å²) in [6, 6.07) is 9.84. The highest BCUT2D eigenvalue weighted by Crippen LogP contribution is 2.17. The molecule has 0 saturated carbocycles. The monoisotopic (exact) mass is 313 g/mol. The number of carbonyl (C=O) groups is 1. The number of hydrogen-bond acceptors (Lipinski definition) is 4. The number of nitrogens with zero attached hydrogens (tertiary/aromatic N) is 1. The van der Waals surface area contributed by atoms with Gasteiger partial charge in [0.25, 0.3) is 5.88 Å². The molecule has 2 heterocycles. The lowest BCUT2D eigenvalue weighted by molar-refractivity contribution is -0.121. The molecule has 0 saturated heterocycles. The Bertz CT molecular complexity index is 791. The van der Waals surface area contributed by atoms with Crippen molar-refractivity contribution >= 4 is 16.8 Å². The van der Waals surface area contributed by atoms with Crippen molar-refractivity contribution < 1.29 is 14.1 Å². The van der Waals surface area contributed by atoms with Crippen LogP contribution in [0.2, 0.25) is 0 Å². The third-order valence-electron chi connectivity index (χ3n) is 3.74. The van der Waals surface area contributed by atoms with Crippen LogP contribution in [0, 0.1) is 0 Å². The molecule has 3 rings (SSSR count). The fraction of sp³-hybridized carbons (Fsp3) is 0.294. The molecule has 0 radical (unpaired) electrons. The summed E-state index contributed by atoms with van der Waals surface area (Å²) in [6.07, 6.45) is 3.67. The Balaban J connectivity index is 1.44. The maximum Gasteiger partial charge on any atom is 0.254 e. The molecule has 3 aromatic rings. The molecule has 1 aromatic carbocycles. The zero-order chi connectivity index (χ0) is 16.1. The molecule has 0 atom stereocenters. The molecule has 23 heavy (non-hydrogen) atoms. The van der Waals surface area contributed by atoms with Crippen LogP contribution >= 0.6 is 0 Å². The van der Waals surface area contributed by atoms with E-state index in [-0.39, 0.29) is 5.91 Å². The molecule has 6 nitrogen and oxygen atoms in total. The number of ether oxygens (including phenoxy) is 1. The number of rotatable bonds is 7. The van der Waals surface area contributed by atoms with Crippen molar-refractivity contribution in [3.8, 4) is 5.88 Å². The van der Waals surface area contributed by atoms with Crippen LogP contribution in [0.3, 0.4) is 0 Å². The number of methoxy groups -OCH3 is 1. The van der Waals surface area contributed by atoms with Crippen LogP contribution in [0.4, 0.5) is 0 Å². The number of nitrogens with one attached hydrogen (secondary N) is 2. The normalized spacial score (nSPS) is 10.8. The molecule has 0 bridgehead atoms. The highest BCUT2D eigenvalue weighted by molar-refractivity contribution is 5.83. The first-order chi connectivity index (χ1) is 11.3. The zero-order valence-electron chi connectivity index (χ0n) is 13.0. The number of para-hydroxylation sites is 1. The summed E-state index contributed by atoms with van der Waals surface area (Å²) >= 11 is 0. The van der Waals surface area contributed by atoms with Gasteiger partial charge in [0.2, 0.25) is 5.91 Å². The Hall–Kier alpha value is -2.76. The van der Waals surface area contributed by atoms with Crippen LogP contribution in [-0.4, -0.2) is 29.7 Å². The highest BCUT2D eigenvalue weighted by atomic mass is 16.5. The van der Waals surface area contributed by atoms with Gasteiger partial charge in [-0.25, -0.2) is 0 Å². The summed E-state index contributed by atoms with van der Waals surface area (Å²) in [7, 11) is 1.53. The largest absolute Gasteiger partial charge is 0.479 e. The van der Waals surface area contributed by atoms with Gasteiger partial charge in [-0.1, -0.05) is 18.2 Å². The average Bonchev–Trinajstić information content (AvgIpc) is 3.20. The van der Waals surface area contributed by atoms with Gasteiger partial charge in [-0.3, -0.25) is 4.79 Å². The molecule has 0 unspecified atom stereocenters. The predicted molar refractivity (Wildman–Crippen MR) is 86.4 cm³/mol. The number of H-pyrrole nitrogens is 1. The lowest BCUT2D eigenvalue weighted by Gasteiger charge is -2.04. The fourth-order valence-corrected chi connectivity index (χ4v) is 2.51. The first kappa shape index (κ1) is 15.1. The molecule has 120 valence electrons. The van der Waals surface area contributed by atoms with E-state index < -0.39 is 0 Å². The van der Waals surface area contributed by atoms with E-state index in [1.54, 1.807) is 6.07 Å². The van der Waals surface area contributed by atoms with Gasteiger partial charge in [-0.05, 0) is 23.2 Å². The van der Waals surface area contributed by atoms with Crippen LogP contribution < -0.4 is 10.1 Å². The van der Waals surface area contributed by atoms with Gasteiger partial charge in [0.1, 0.15) is 5.76 Å². The van der Waals surface area contributed by atoms with E-state index in [1.807, 2.05) is 24.4 Å². The number of hydrogen-bond donors (Lipinski definition) is 2. The second-order valence-corrected chi connectivity index (χ2v) is 5.30. The van der Waals surface area contributed by atoms with Crippen molar-refractivity contribution in [1.82, 2.24) is 15.5 Å². The summed E-state index contributed by atoms with van der Waals surface area (Å²) in [5, 5.41) is 7.84. The van der Waals surface area contributed by atoms with E-state index in [0.29, 0.717) is 31.0 Å². The van der Waals surface area contributed by atoms with Gasteiger partial charge in [0.05, 0.1) is 7.11 Å². The predicted octanol–water partition coefficient (Wildman–Crippen LogP) is 2.46. The molecule has 0 aliphatic heterocycles. The molecule has 1 amide bonds. The SMILES string of the molecule is COc1cc(CCC(=O)NCCc2c[nH]c3ccccc23)on1. The molecule has 0 fully saturated rings. The van der Waals surface area contributed by atoms with E-state index in [4.69, 9.17) is 9.26 Å². The molecule has 0 aliphatic rings. The molecule has 2 N–H and O–H groups in total. The van der Waals surface area contributed by atoms with Crippen LogP contribution in [0.1, 0.15) is 17.7 Å². The number of carbonyl (C=O) groups excluding carboxylic acids is 1. The number of amides is 1. The average molecular weight is 313 g/mol. The number of aromatic amines is 1. The van der Waals surface area contributed by atoms with Crippen molar-refractivity contribution in [2.45, 2.75) is 19.3 Å². The van der Waals surface area contributed by atoms with E-state index in [2.05, 4.69) is 21.5 Å². The summed E-state index contributed by atoms with van der Waals surface area (Å²) in [6.45, 7) is 0.612. The number of benzene rings is 1. The number of fused-ring (bicyclic) bond motifs is 1. The third kappa shape index (κ3) is 3.71. The van der Waals surface area contributed by atoms with Gasteiger partial charge in [-0.2, -0.15) is 0 Å². The quantitative estimate of drug-likeness (QED) is 0.702. The topological polar surface area (TPSA) is 80.1 Å². The van der Waals surface area contributed by atoms with Crippen molar-refractivity contribution in [3.05, 3.63) is 47.9 Å². The van der Waals surface area contributed by atoms with Crippen LogP contribution in [0.5, 0.6) is 5.88 Å². The zero-order valence-corrected chi connectivity index (χ0v) is 13.0. The standard InChI is InChI=1S/C17H19N3O3/c1-22-17-10-13(23-20-17)6-7-16(21)18-9-8-12-11-19-15-5-3-2-4-14(12)15/h2-5,10-11,19H,6-9H2,1H3,(H,18,21). The lowest BCUT2D eigenvalue weighted by Crippen LogP contribution is -2.25. The summed E-state index contributed by atoms with van der Waals surface area (Å²) in [5.41, 5.74) is 2.33. The molecule has 2 aromatic heterocycles. The summed E-state index contributed by atoms with van der Waals surface area (Å²) in [4.78, 5) is 15.1. The number of aryl methyl sites for hydroxylation is 1. The van der Waals surface area contributed by atoms with Gasteiger partial charge in [0, 0.05) is 42.6 Å². The molecular weight excluding hydrogens is 294 g/mol. The van der Waals surface area contributed by atoms with Crippen molar-refractivity contribution in [2.75, 3.05) is 13.7 Å². The van der Waals surface area contributed by atoms with E-state index in [1.165, 1.54) is 18.1 Å². The van der Waals surface area contributed by atoms with Crippen LogP contribution in [0.15, 0.2) is 41.1 Å². The molecular formula is C17H19N3O3. The molecule has 0 aliphatic carbocycles. The minimum atomic E-state index is 0.000193. The first-order valence-electron chi connectivity index (χ1n) is 7.57. The second-order valence-electron chi connectivity index (χ2n) is 5.30. The summed E-state index contributed by atoms with van der Waals surface area (Å²) in [5.74, 6) is 1.08. The Labute approximate surface area is 133 Å². The van der Waals surface area contributed by atoms with Crippen LogP contribution in [-0.2, 0) is 17.6 Å². The van der Waals surface area contributed by atoms with Gasteiger partial charge >= 0.3 is 0 Å². The fourth-order valence-electron chi connectivity index (χ4n) is 2.51. The maximum atomic E-state index is 11.9. The van der Waals surface area contributed by atoms with Gasteiger partial charge in [0.15, 0.2) is 0 Å².